The van der Waals surface area contributed by atoms with Crippen LogP contribution in [0.2, 0.25) is 0 Å². The minimum absolute atomic E-state index is 0.293. The summed E-state index contributed by atoms with van der Waals surface area (Å²) in [5.74, 6) is 0.939. The molecule has 0 saturated heterocycles. The van der Waals surface area contributed by atoms with Crippen LogP contribution in [0.4, 0.5) is 11.4 Å². The molecule has 4 nitrogen and oxygen atoms in total. The fourth-order valence-corrected chi connectivity index (χ4v) is 4.80. The predicted molar refractivity (Wildman–Crippen MR) is 124 cm³/mol. The number of anilines is 2. The van der Waals surface area contributed by atoms with E-state index in [2.05, 4.69) is 36.2 Å². The van der Waals surface area contributed by atoms with Crippen molar-refractivity contribution in [2.24, 2.45) is 0 Å². The predicted octanol–water partition coefficient (Wildman–Crippen LogP) is 6.90. The molecule has 0 amide bonds. The Hall–Kier alpha value is -2.97. The average Bonchev–Trinajstić information content (AvgIpc) is 2.80. The number of fused-ring (bicyclic) bond motifs is 2. The molecule has 1 aliphatic heterocycles. The summed E-state index contributed by atoms with van der Waals surface area (Å²) in [5, 5.41) is 0. The summed E-state index contributed by atoms with van der Waals surface area (Å²) in [5.41, 5.74) is 4.90. The molecule has 0 fully saturated rings. The van der Waals surface area contributed by atoms with E-state index in [1.807, 2.05) is 68.4 Å². The standard InChI is InChI=1S/C25H26NO3P/c1-4-30(27,5-2)29-25(28-19-13-7-6-8-14-19)24-20-15-9-11-17-22(20)26(3)23-18-12-10-16-21(23)24/h6-18H,4-5H2,1-3H3. The normalized spacial score (nSPS) is 12.8. The molecule has 1 heterocycles. The van der Waals surface area contributed by atoms with Crippen molar-refractivity contribution in [1.82, 2.24) is 0 Å². The van der Waals surface area contributed by atoms with Crippen molar-refractivity contribution in [2.75, 3.05) is 24.3 Å². The van der Waals surface area contributed by atoms with Crippen LogP contribution in [0.5, 0.6) is 5.75 Å². The fourth-order valence-electron chi connectivity index (χ4n) is 3.66. The highest BCUT2D eigenvalue weighted by molar-refractivity contribution is 7.59. The van der Waals surface area contributed by atoms with Crippen molar-refractivity contribution >= 4 is 24.3 Å². The van der Waals surface area contributed by atoms with Gasteiger partial charge in [0.2, 0.25) is 0 Å². The van der Waals surface area contributed by atoms with Crippen LogP contribution in [0.3, 0.4) is 0 Å². The van der Waals surface area contributed by atoms with E-state index in [-0.39, 0.29) is 0 Å². The molecule has 5 heteroatoms. The third-order valence-electron chi connectivity index (χ3n) is 5.44. The van der Waals surface area contributed by atoms with Gasteiger partial charge in [-0.25, -0.2) is 0 Å². The van der Waals surface area contributed by atoms with E-state index in [4.69, 9.17) is 9.26 Å². The van der Waals surface area contributed by atoms with Gasteiger partial charge in [0.25, 0.3) is 13.3 Å². The third-order valence-corrected chi connectivity index (χ3v) is 7.87. The molecule has 1 aliphatic rings. The van der Waals surface area contributed by atoms with Gasteiger partial charge in [0.15, 0.2) is 0 Å². The van der Waals surface area contributed by atoms with Gasteiger partial charge in [0.1, 0.15) is 5.75 Å². The Morgan fingerprint density at radius 2 is 1.30 bits per heavy atom. The molecule has 0 saturated carbocycles. The van der Waals surface area contributed by atoms with E-state index < -0.39 is 7.37 Å². The van der Waals surface area contributed by atoms with Crippen LogP contribution in [0.15, 0.2) is 84.8 Å². The second-order valence-corrected chi connectivity index (χ2v) is 10.3. The maximum Gasteiger partial charge on any atom is 0.298 e. The summed E-state index contributed by atoms with van der Waals surface area (Å²) >= 11 is 0. The molecule has 0 aromatic heterocycles. The van der Waals surface area contributed by atoms with Gasteiger partial charge in [-0.1, -0.05) is 68.4 Å². The molecule has 3 aromatic carbocycles. The number of nitrogens with zero attached hydrogens (tertiary/aromatic N) is 1. The lowest BCUT2D eigenvalue weighted by molar-refractivity contribution is 0.231. The van der Waals surface area contributed by atoms with Crippen molar-refractivity contribution in [1.29, 1.82) is 0 Å². The van der Waals surface area contributed by atoms with Crippen molar-refractivity contribution in [3.8, 4) is 5.75 Å². The van der Waals surface area contributed by atoms with Crippen LogP contribution in [0.25, 0.3) is 5.57 Å². The van der Waals surface area contributed by atoms with E-state index in [0.29, 0.717) is 24.0 Å². The molecule has 0 aliphatic carbocycles. The zero-order valence-electron chi connectivity index (χ0n) is 17.5. The Morgan fingerprint density at radius 3 is 1.83 bits per heavy atom. The number of benzene rings is 3. The first kappa shape index (κ1) is 20.3. The summed E-state index contributed by atoms with van der Waals surface area (Å²) in [6.45, 7) is 3.79. The zero-order valence-corrected chi connectivity index (χ0v) is 18.4. The number of hydrogen-bond acceptors (Lipinski definition) is 4. The highest BCUT2D eigenvalue weighted by Crippen LogP contribution is 2.52. The molecule has 3 aromatic rings. The summed E-state index contributed by atoms with van der Waals surface area (Å²) < 4.78 is 25.8. The lowest BCUT2D eigenvalue weighted by Gasteiger charge is -2.32. The molecular formula is C25H26NO3P. The molecular weight excluding hydrogens is 393 g/mol. The molecule has 0 radical (unpaired) electrons. The van der Waals surface area contributed by atoms with Crippen LogP contribution in [-0.4, -0.2) is 19.4 Å². The van der Waals surface area contributed by atoms with Crippen LogP contribution in [-0.2, 0) is 9.09 Å². The minimum Gasteiger partial charge on any atom is -0.426 e. The highest BCUT2D eigenvalue weighted by atomic mass is 31.2. The van der Waals surface area contributed by atoms with Gasteiger partial charge < -0.3 is 14.2 Å². The molecule has 0 spiro atoms. The smallest absolute Gasteiger partial charge is 0.298 e. The van der Waals surface area contributed by atoms with Crippen LogP contribution in [0, 0.1) is 0 Å². The molecule has 154 valence electrons. The monoisotopic (exact) mass is 419 g/mol. The minimum atomic E-state index is -2.88. The van der Waals surface area contributed by atoms with Crippen molar-refractivity contribution in [3.63, 3.8) is 0 Å². The maximum atomic E-state index is 13.3. The second kappa shape index (κ2) is 8.41. The largest absolute Gasteiger partial charge is 0.426 e. The van der Waals surface area contributed by atoms with E-state index >= 15 is 0 Å². The van der Waals surface area contributed by atoms with Crippen molar-refractivity contribution in [2.45, 2.75) is 13.8 Å². The average molecular weight is 419 g/mol. The van der Waals surface area contributed by atoms with Crippen molar-refractivity contribution < 1.29 is 13.8 Å². The topological polar surface area (TPSA) is 38.8 Å². The van der Waals surface area contributed by atoms with E-state index in [1.54, 1.807) is 0 Å². The van der Waals surface area contributed by atoms with Crippen molar-refractivity contribution in [3.05, 3.63) is 95.9 Å². The lowest BCUT2D eigenvalue weighted by Crippen LogP contribution is -2.20. The molecule has 0 atom stereocenters. The fraction of sp³-hybridized carbons (Fsp3) is 0.200. The van der Waals surface area contributed by atoms with Crippen LogP contribution < -0.4 is 9.64 Å². The van der Waals surface area contributed by atoms with Crippen LogP contribution >= 0.6 is 7.37 Å². The Labute approximate surface area is 178 Å². The zero-order chi connectivity index (χ0) is 21.1. The van der Waals surface area contributed by atoms with Gasteiger partial charge in [0, 0.05) is 41.9 Å². The summed E-state index contributed by atoms with van der Waals surface area (Å²) in [6, 6.07) is 25.8. The summed E-state index contributed by atoms with van der Waals surface area (Å²) in [7, 11) is -0.825. The Bertz CT molecular complexity index is 1070. The highest BCUT2D eigenvalue weighted by Gasteiger charge is 2.31. The van der Waals surface area contributed by atoms with Gasteiger partial charge in [-0.2, -0.15) is 0 Å². The number of ether oxygens (including phenoxy) is 1. The van der Waals surface area contributed by atoms with Gasteiger partial charge >= 0.3 is 0 Å². The summed E-state index contributed by atoms with van der Waals surface area (Å²) in [4.78, 5) is 2.16. The van der Waals surface area contributed by atoms with E-state index in [1.165, 1.54) is 0 Å². The molecule has 4 rings (SSSR count). The first-order valence-corrected chi connectivity index (χ1v) is 12.2. The summed E-state index contributed by atoms with van der Waals surface area (Å²) in [6.07, 6.45) is 0.892. The molecule has 0 N–H and O–H groups in total. The molecule has 30 heavy (non-hydrogen) atoms. The van der Waals surface area contributed by atoms with Gasteiger partial charge in [-0.05, 0) is 24.3 Å². The van der Waals surface area contributed by atoms with E-state index in [9.17, 15) is 4.57 Å². The lowest BCUT2D eigenvalue weighted by atomic mass is 9.91. The quantitative estimate of drug-likeness (QED) is 0.322. The first-order chi connectivity index (χ1) is 14.6. The Kier molecular flexibility index (Phi) is 5.69. The van der Waals surface area contributed by atoms with Gasteiger partial charge in [-0.15, -0.1) is 0 Å². The second-order valence-electron chi connectivity index (χ2n) is 7.21. The SMILES string of the molecule is CCP(=O)(CC)OC(Oc1ccccc1)=C1c2ccccc2N(C)c2ccccc21. The number of para-hydroxylation sites is 3. The number of hydrogen-bond donors (Lipinski definition) is 0. The molecule has 0 bridgehead atoms. The molecule has 0 unspecified atom stereocenters. The Balaban J connectivity index is 1.98. The maximum absolute atomic E-state index is 13.3. The third kappa shape index (κ3) is 3.76. The number of rotatable bonds is 6. The van der Waals surface area contributed by atoms with E-state index in [0.717, 1.165) is 28.1 Å². The Morgan fingerprint density at radius 1 is 0.800 bits per heavy atom. The van der Waals surface area contributed by atoms with Gasteiger partial charge in [-0.3, -0.25) is 4.57 Å². The first-order valence-electron chi connectivity index (χ1n) is 10.2. The van der Waals surface area contributed by atoms with Gasteiger partial charge in [0.05, 0.1) is 5.57 Å². The van der Waals surface area contributed by atoms with Crippen LogP contribution in [0.1, 0.15) is 25.0 Å².